The number of hydrogen-bond acceptors (Lipinski definition) is 6. The smallest absolute Gasteiger partial charge is 0.326 e. The Balaban J connectivity index is 1.43. The molecule has 3 heterocycles. The number of aromatic nitrogens is 1. The lowest BCUT2D eigenvalue weighted by Crippen LogP contribution is -2.50. The summed E-state index contributed by atoms with van der Waals surface area (Å²) in [5.74, 6) is 0. The second-order valence-electron chi connectivity index (χ2n) is 6.75. The number of fused-ring (bicyclic) bond motifs is 2. The van der Waals surface area contributed by atoms with E-state index < -0.39 is 0 Å². The molecule has 0 bridgehead atoms. The number of hydrogen-bond donors (Lipinski definition) is 1. The molecule has 2 atom stereocenters. The Labute approximate surface area is 155 Å². The van der Waals surface area contributed by atoms with Crippen molar-refractivity contribution in [3.05, 3.63) is 42.0 Å². The minimum atomic E-state index is -0.126. The zero-order chi connectivity index (χ0) is 18.4. The Kier molecular flexibility index (Phi) is 3.71. The van der Waals surface area contributed by atoms with Gasteiger partial charge in [-0.15, -0.1) is 0 Å². The predicted octanol–water partition coefficient (Wildman–Crippen LogP) is 1.90. The maximum absolute atomic E-state index is 12.9. The van der Waals surface area contributed by atoms with Gasteiger partial charge in [-0.1, -0.05) is 24.3 Å². The van der Waals surface area contributed by atoms with Gasteiger partial charge in [0, 0.05) is 13.1 Å². The van der Waals surface area contributed by atoms with Crippen LogP contribution in [-0.4, -0.2) is 65.5 Å². The summed E-state index contributed by atoms with van der Waals surface area (Å²) < 4.78 is 10.7. The van der Waals surface area contributed by atoms with Crippen LogP contribution in [0.15, 0.2) is 45.8 Å². The summed E-state index contributed by atoms with van der Waals surface area (Å²) in [5.41, 5.74) is 9.01. The number of amides is 2. The van der Waals surface area contributed by atoms with Crippen molar-refractivity contribution >= 4 is 35.1 Å². The quantitative estimate of drug-likeness (QED) is 0.832. The Hall–Kier alpha value is -3.13. The minimum Gasteiger partial charge on any atom is -0.424 e. The first-order valence-electron chi connectivity index (χ1n) is 8.94. The summed E-state index contributed by atoms with van der Waals surface area (Å²) in [7, 11) is 0. The van der Waals surface area contributed by atoms with E-state index in [4.69, 9.17) is 14.9 Å². The van der Waals surface area contributed by atoms with Gasteiger partial charge in [0.1, 0.15) is 5.52 Å². The molecular weight excluding hydrogens is 346 g/mol. The van der Waals surface area contributed by atoms with Gasteiger partial charge in [0.15, 0.2) is 5.58 Å². The molecule has 3 aliphatic rings. The number of benzene rings is 1. The SMILES string of the molecule is Nc1nc2cc(C3=CC4C(C=C3)N=CN4C(=O)N3CCOCC3)ccc2o1. The molecule has 0 radical (unpaired) electrons. The zero-order valence-corrected chi connectivity index (χ0v) is 14.6. The summed E-state index contributed by atoms with van der Waals surface area (Å²) in [4.78, 5) is 25.1. The Morgan fingerprint density at radius 3 is 2.96 bits per heavy atom. The molecule has 2 aliphatic heterocycles. The number of morpholine rings is 1. The van der Waals surface area contributed by atoms with Crippen molar-refractivity contribution in [2.45, 2.75) is 12.1 Å². The second-order valence-corrected chi connectivity index (χ2v) is 6.75. The largest absolute Gasteiger partial charge is 0.424 e. The number of nitrogens with two attached hydrogens (primary N) is 1. The number of anilines is 1. The molecular formula is C19H19N5O3. The molecule has 8 nitrogen and oxygen atoms in total. The molecule has 2 amide bonds. The van der Waals surface area contributed by atoms with Crippen LogP contribution in [0.5, 0.6) is 0 Å². The van der Waals surface area contributed by atoms with Crippen LogP contribution < -0.4 is 5.73 Å². The van der Waals surface area contributed by atoms with E-state index in [1.807, 2.05) is 35.3 Å². The molecule has 2 N–H and O–H groups in total. The van der Waals surface area contributed by atoms with E-state index in [2.05, 4.69) is 16.1 Å². The van der Waals surface area contributed by atoms with Crippen LogP contribution in [0.4, 0.5) is 10.8 Å². The van der Waals surface area contributed by atoms with Crippen LogP contribution >= 0.6 is 0 Å². The Morgan fingerprint density at radius 1 is 1.26 bits per heavy atom. The van der Waals surface area contributed by atoms with Crippen molar-refractivity contribution in [1.82, 2.24) is 14.8 Å². The molecule has 1 fully saturated rings. The topological polar surface area (TPSA) is 97.2 Å². The van der Waals surface area contributed by atoms with E-state index >= 15 is 0 Å². The van der Waals surface area contributed by atoms with Gasteiger partial charge in [-0.3, -0.25) is 9.89 Å². The molecule has 2 aromatic rings. The fourth-order valence-electron chi connectivity index (χ4n) is 3.67. The van der Waals surface area contributed by atoms with Crippen LogP contribution in [0.25, 0.3) is 16.7 Å². The Bertz CT molecular complexity index is 986. The van der Waals surface area contributed by atoms with Crippen LogP contribution in [-0.2, 0) is 4.74 Å². The van der Waals surface area contributed by atoms with E-state index in [0.29, 0.717) is 37.4 Å². The normalized spacial score (nSPS) is 24.4. The third-order valence-electron chi connectivity index (χ3n) is 5.10. The van der Waals surface area contributed by atoms with Crippen molar-refractivity contribution in [3.63, 3.8) is 0 Å². The molecule has 1 aliphatic carbocycles. The summed E-state index contributed by atoms with van der Waals surface area (Å²) in [6.45, 7) is 2.37. The van der Waals surface area contributed by atoms with E-state index in [1.165, 1.54) is 0 Å². The van der Waals surface area contributed by atoms with Gasteiger partial charge >= 0.3 is 6.03 Å². The summed E-state index contributed by atoms with van der Waals surface area (Å²) >= 11 is 0. The van der Waals surface area contributed by atoms with Gasteiger partial charge in [-0.05, 0) is 23.3 Å². The second kappa shape index (κ2) is 6.24. The first kappa shape index (κ1) is 16.1. The van der Waals surface area contributed by atoms with Crippen LogP contribution in [0, 0.1) is 0 Å². The molecule has 5 rings (SSSR count). The average molecular weight is 365 g/mol. The van der Waals surface area contributed by atoms with E-state index in [1.54, 1.807) is 11.2 Å². The van der Waals surface area contributed by atoms with Gasteiger partial charge in [0.05, 0.1) is 31.6 Å². The van der Waals surface area contributed by atoms with Crippen LogP contribution in [0.1, 0.15) is 5.56 Å². The lowest BCUT2D eigenvalue weighted by molar-refractivity contribution is 0.0474. The third-order valence-corrected chi connectivity index (χ3v) is 5.10. The maximum atomic E-state index is 12.9. The fraction of sp³-hybridized carbons (Fsp3) is 0.316. The van der Waals surface area contributed by atoms with Crippen molar-refractivity contribution in [2.24, 2.45) is 4.99 Å². The summed E-state index contributed by atoms with van der Waals surface area (Å²) in [6, 6.07) is 5.71. The number of allylic oxidation sites excluding steroid dienone is 2. The molecule has 0 saturated carbocycles. The molecule has 8 heteroatoms. The summed E-state index contributed by atoms with van der Waals surface area (Å²) in [6.07, 6.45) is 7.80. The van der Waals surface area contributed by atoms with Gasteiger partial charge in [0.25, 0.3) is 6.01 Å². The number of oxazole rings is 1. The lowest BCUT2D eigenvalue weighted by atomic mass is 9.93. The number of rotatable bonds is 1. The standard InChI is InChI=1S/C19H19N5O3/c20-18-22-15-9-12(2-4-17(15)27-18)13-1-3-14-16(10-13)24(11-21-14)19(25)23-5-7-26-8-6-23/h1-4,9-11,14,16H,5-8H2,(H2,20,22). The number of nitrogen functional groups attached to an aromatic ring is 1. The first-order chi connectivity index (χ1) is 13.2. The van der Waals surface area contributed by atoms with Gasteiger partial charge in [-0.25, -0.2) is 4.79 Å². The molecule has 138 valence electrons. The number of carbonyl (C=O) groups is 1. The average Bonchev–Trinajstić information content (AvgIpc) is 3.29. The van der Waals surface area contributed by atoms with Gasteiger partial charge in [0.2, 0.25) is 0 Å². The van der Waals surface area contributed by atoms with Crippen molar-refractivity contribution in [2.75, 3.05) is 32.0 Å². The van der Waals surface area contributed by atoms with Gasteiger partial charge in [-0.2, -0.15) is 4.98 Å². The van der Waals surface area contributed by atoms with Crippen molar-refractivity contribution in [3.8, 4) is 0 Å². The van der Waals surface area contributed by atoms with Crippen LogP contribution in [0.2, 0.25) is 0 Å². The number of aliphatic imine (C=N–C) groups is 1. The number of ether oxygens (including phenoxy) is 1. The highest BCUT2D eigenvalue weighted by Gasteiger charge is 2.36. The van der Waals surface area contributed by atoms with E-state index in [9.17, 15) is 4.79 Å². The molecule has 0 spiro atoms. The molecule has 27 heavy (non-hydrogen) atoms. The fourth-order valence-corrected chi connectivity index (χ4v) is 3.67. The minimum absolute atomic E-state index is 0.0276. The highest BCUT2D eigenvalue weighted by molar-refractivity contribution is 5.91. The van der Waals surface area contributed by atoms with Crippen molar-refractivity contribution in [1.29, 1.82) is 0 Å². The van der Waals surface area contributed by atoms with Crippen molar-refractivity contribution < 1.29 is 13.9 Å². The third kappa shape index (κ3) is 2.78. The lowest BCUT2D eigenvalue weighted by Gasteiger charge is -2.33. The Morgan fingerprint density at radius 2 is 2.11 bits per heavy atom. The zero-order valence-electron chi connectivity index (χ0n) is 14.6. The number of urea groups is 1. The first-order valence-corrected chi connectivity index (χ1v) is 8.94. The monoisotopic (exact) mass is 365 g/mol. The van der Waals surface area contributed by atoms with E-state index in [0.717, 1.165) is 11.1 Å². The van der Waals surface area contributed by atoms with Gasteiger partial charge < -0.3 is 19.8 Å². The molecule has 1 saturated heterocycles. The highest BCUT2D eigenvalue weighted by atomic mass is 16.5. The molecule has 1 aromatic heterocycles. The number of carbonyl (C=O) groups excluding carboxylic acids is 1. The van der Waals surface area contributed by atoms with Crippen LogP contribution in [0.3, 0.4) is 0 Å². The highest BCUT2D eigenvalue weighted by Crippen LogP contribution is 2.30. The number of nitrogens with zero attached hydrogens (tertiary/aromatic N) is 4. The predicted molar refractivity (Wildman–Crippen MR) is 101 cm³/mol. The molecule has 1 aromatic carbocycles. The van der Waals surface area contributed by atoms with E-state index in [-0.39, 0.29) is 24.1 Å². The summed E-state index contributed by atoms with van der Waals surface area (Å²) in [5, 5.41) is 0. The molecule has 2 unspecified atom stereocenters. The maximum Gasteiger partial charge on any atom is 0.326 e.